The van der Waals surface area contributed by atoms with E-state index in [-0.39, 0.29) is 12.2 Å². The Hall–Kier alpha value is -1.57. The van der Waals surface area contributed by atoms with Gasteiger partial charge in [0.1, 0.15) is 5.54 Å². The van der Waals surface area contributed by atoms with Gasteiger partial charge in [0.25, 0.3) is 0 Å². The summed E-state index contributed by atoms with van der Waals surface area (Å²) in [4.78, 5) is 22.8. The van der Waals surface area contributed by atoms with E-state index >= 15 is 0 Å². The fourth-order valence-corrected chi connectivity index (χ4v) is 3.08. The lowest BCUT2D eigenvalue weighted by atomic mass is 9.97. The largest absolute Gasteiger partial charge is 0.480 e. The second-order valence-electron chi connectivity index (χ2n) is 4.75. The van der Waals surface area contributed by atoms with Crippen LogP contribution in [-0.4, -0.2) is 42.9 Å². The highest BCUT2D eigenvalue weighted by Gasteiger charge is 2.34. The number of carboxylic acids is 1. The molecule has 1 rings (SSSR count). The van der Waals surface area contributed by atoms with Crippen LogP contribution in [0.2, 0.25) is 0 Å². The number of hydrogen-bond donors (Lipinski definition) is 3. The summed E-state index contributed by atoms with van der Waals surface area (Å²) in [5, 5.41) is 14.9. The molecule has 2 amide bonds. The topological polar surface area (TPSA) is 113 Å². The molecular formula is C11H18N2O5S. The van der Waals surface area contributed by atoms with E-state index in [0.717, 1.165) is 5.41 Å². The van der Waals surface area contributed by atoms with E-state index in [1.165, 1.54) is 13.0 Å². The van der Waals surface area contributed by atoms with E-state index in [1.807, 2.05) is 6.92 Å². The molecule has 19 heavy (non-hydrogen) atoms. The van der Waals surface area contributed by atoms with E-state index in [0.29, 0.717) is 6.42 Å². The van der Waals surface area contributed by atoms with Gasteiger partial charge in [0.15, 0.2) is 9.84 Å². The van der Waals surface area contributed by atoms with E-state index in [2.05, 4.69) is 10.6 Å². The van der Waals surface area contributed by atoms with Gasteiger partial charge >= 0.3 is 12.0 Å². The Balaban J connectivity index is 2.60. The van der Waals surface area contributed by atoms with Gasteiger partial charge < -0.3 is 15.7 Å². The van der Waals surface area contributed by atoms with Crippen LogP contribution in [0.5, 0.6) is 0 Å². The van der Waals surface area contributed by atoms with Crippen LogP contribution in [0.4, 0.5) is 4.79 Å². The SMILES string of the molecule is CCCC(C)(NC(=O)NC1C=CS(=O)(=O)C1)C(=O)O. The van der Waals surface area contributed by atoms with Crippen molar-refractivity contribution in [3.05, 3.63) is 11.5 Å². The summed E-state index contributed by atoms with van der Waals surface area (Å²) in [7, 11) is -3.25. The lowest BCUT2D eigenvalue weighted by Crippen LogP contribution is -2.56. The molecule has 8 heteroatoms. The fourth-order valence-electron chi connectivity index (χ4n) is 1.84. The van der Waals surface area contributed by atoms with Crippen LogP contribution in [0.1, 0.15) is 26.7 Å². The molecule has 0 fully saturated rings. The standard InChI is InChI=1S/C11H18N2O5S/c1-3-5-11(2,9(14)15)13-10(16)12-8-4-6-19(17,18)7-8/h4,6,8H,3,5,7H2,1-2H3,(H,14,15)(H2,12,13,16). The fraction of sp³-hybridized carbons (Fsp3) is 0.636. The average molecular weight is 290 g/mol. The molecule has 2 unspecified atom stereocenters. The predicted octanol–water partition coefficient (Wildman–Crippen LogP) is 0.240. The number of aliphatic carboxylic acids is 1. The lowest BCUT2D eigenvalue weighted by Gasteiger charge is -2.26. The minimum Gasteiger partial charge on any atom is -0.480 e. The minimum atomic E-state index is -3.25. The van der Waals surface area contributed by atoms with E-state index in [9.17, 15) is 18.0 Å². The molecule has 0 aromatic rings. The number of carbonyl (C=O) groups excluding carboxylic acids is 1. The first-order valence-corrected chi connectivity index (χ1v) is 7.63. The van der Waals surface area contributed by atoms with Crippen LogP contribution in [0.3, 0.4) is 0 Å². The summed E-state index contributed by atoms with van der Waals surface area (Å²) < 4.78 is 22.3. The number of nitrogens with one attached hydrogen (secondary N) is 2. The molecule has 1 aliphatic rings. The van der Waals surface area contributed by atoms with Gasteiger partial charge in [0, 0.05) is 5.41 Å². The third-order valence-electron chi connectivity index (χ3n) is 2.86. The smallest absolute Gasteiger partial charge is 0.329 e. The second-order valence-corrected chi connectivity index (χ2v) is 6.68. The van der Waals surface area contributed by atoms with Crippen LogP contribution < -0.4 is 10.6 Å². The van der Waals surface area contributed by atoms with Gasteiger partial charge in [0.05, 0.1) is 11.8 Å². The van der Waals surface area contributed by atoms with E-state index < -0.39 is 33.4 Å². The van der Waals surface area contributed by atoms with Gasteiger partial charge in [-0.3, -0.25) is 0 Å². The zero-order valence-corrected chi connectivity index (χ0v) is 11.7. The van der Waals surface area contributed by atoms with Gasteiger partial charge in [-0.05, 0) is 19.4 Å². The summed E-state index contributed by atoms with van der Waals surface area (Å²) in [6.45, 7) is 3.23. The highest BCUT2D eigenvalue weighted by atomic mass is 32.2. The number of amides is 2. The molecule has 1 aliphatic heterocycles. The number of carbonyl (C=O) groups is 2. The number of rotatable bonds is 5. The first-order valence-electron chi connectivity index (χ1n) is 5.91. The van der Waals surface area contributed by atoms with Crippen LogP contribution in [-0.2, 0) is 14.6 Å². The molecule has 1 heterocycles. The van der Waals surface area contributed by atoms with Gasteiger partial charge in [0.2, 0.25) is 0 Å². The third-order valence-corrected chi connectivity index (χ3v) is 4.25. The van der Waals surface area contributed by atoms with Gasteiger partial charge in [-0.2, -0.15) is 0 Å². The second kappa shape index (κ2) is 5.60. The van der Waals surface area contributed by atoms with Gasteiger partial charge in [-0.25, -0.2) is 18.0 Å². The molecule has 7 nitrogen and oxygen atoms in total. The highest BCUT2D eigenvalue weighted by Crippen LogP contribution is 2.13. The van der Waals surface area contributed by atoms with Crippen molar-refractivity contribution >= 4 is 21.8 Å². The van der Waals surface area contributed by atoms with Crippen LogP contribution in [0.25, 0.3) is 0 Å². The maximum absolute atomic E-state index is 11.7. The van der Waals surface area contributed by atoms with Crippen molar-refractivity contribution in [3.63, 3.8) is 0 Å². The maximum atomic E-state index is 11.7. The normalized spacial score (nSPS) is 23.6. The molecule has 0 saturated heterocycles. The van der Waals surface area contributed by atoms with Crippen molar-refractivity contribution in [2.45, 2.75) is 38.3 Å². The van der Waals surface area contributed by atoms with Crippen molar-refractivity contribution in [2.24, 2.45) is 0 Å². The Morgan fingerprint density at radius 1 is 1.47 bits per heavy atom. The molecule has 0 aromatic heterocycles. The molecule has 0 saturated carbocycles. The van der Waals surface area contributed by atoms with E-state index in [1.54, 1.807) is 0 Å². The quantitative estimate of drug-likeness (QED) is 0.671. The Labute approximate surface area is 112 Å². The molecule has 108 valence electrons. The Morgan fingerprint density at radius 3 is 2.53 bits per heavy atom. The van der Waals surface area contributed by atoms with Crippen LogP contribution >= 0.6 is 0 Å². The highest BCUT2D eigenvalue weighted by molar-refractivity contribution is 7.94. The first-order chi connectivity index (χ1) is 8.68. The first kappa shape index (κ1) is 15.5. The molecule has 2 atom stereocenters. The Bertz CT molecular complexity index is 499. The zero-order valence-electron chi connectivity index (χ0n) is 10.8. The Kier molecular flexibility index (Phi) is 4.56. The van der Waals surface area contributed by atoms with Gasteiger partial charge in [-0.1, -0.05) is 13.3 Å². The lowest BCUT2D eigenvalue weighted by molar-refractivity contribution is -0.144. The molecule has 3 N–H and O–H groups in total. The number of urea groups is 1. The zero-order chi connectivity index (χ0) is 14.7. The summed E-state index contributed by atoms with van der Waals surface area (Å²) in [5.74, 6) is -1.32. The monoisotopic (exact) mass is 290 g/mol. The summed E-state index contributed by atoms with van der Waals surface area (Å²) >= 11 is 0. The molecule has 0 bridgehead atoms. The van der Waals surface area contributed by atoms with Crippen molar-refractivity contribution in [3.8, 4) is 0 Å². The predicted molar refractivity (Wildman–Crippen MR) is 69.3 cm³/mol. The number of sulfone groups is 1. The van der Waals surface area contributed by atoms with Crippen LogP contribution in [0, 0.1) is 0 Å². The number of hydrogen-bond acceptors (Lipinski definition) is 4. The molecule has 0 aliphatic carbocycles. The third kappa shape index (κ3) is 4.23. The Morgan fingerprint density at radius 2 is 2.11 bits per heavy atom. The minimum absolute atomic E-state index is 0.196. The van der Waals surface area contributed by atoms with Crippen molar-refractivity contribution < 1.29 is 23.1 Å². The summed E-state index contributed by atoms with van der Waals surface area (Å²) in [6, 6.07) is -1.31. The molecule has 0 aromatic carbocycles. The average Bonchev–Trinajstić information content (AvgIpc) is 2.57. The van der Waals surface area contributed by atoms with Crippen molar-refractivity contribution in [2.75, 3.05) is 5.75 Å². The summed E-state index contributed by atoms with van der Waals surface area (Å²) in [5.41, 5.74) is -1.36. The van der Waals surface area contributed by atoms with Crippen molar-refractivity contribution in [1.29, 1.82) is 0 Å². The number of carboxylic acid groups (broad SMARTS) is 1. The van der Waals surface area contributed by atoms with Crippen molar-refractivity contribution in [1.82, 2.24) is 10.6 Å². The van der Waals surface area contributed by atoms with E-state index in [4.69, 9.17) is 5.11 Å². The molecular weight excluding hydrogens is 272 g/mol. The summed E-state index contributed by atoms with van der Waals surface area (Å²) in [6.07, 6.45) is 2.25. The maximum Gasteiger partial charge on any atom is 0.329 e. The molecule has 0 radical (unpaired) electrons. The van der Waals surface area contributed by atoms with Crippen LogP contribution in [0.15, 0.2) is 11.5 Å². The van der Waals surface area contributed by atoms with Gasteiger partial charge in [-0.15, -0.1) is 0 Å². The molecule has 0 spiro atoms.